The summed E-state index contributed by atoms with van der Waals surface area (Å²) in [6.07, 6.45) is 1.38. The molecule has 1 nitrogen and oxygen atoms in total. The van der Waals surface area contributed by atoms with Gasteiger partial charge in [0.1, 0.15) is 11.6 Å². The number of hydrogen-bond acceptors (Lipinski definition) is 1. The van der Waals surface area contributed by atoms with Crippen LogP contribution in [0.25, 0.3) is 0 Å². The average Bonchev–Trinajstić information content (AvgIpc) is 2.17. The van der Waals surface area contributed by atoms with Crippen LogP contribution in [0.3, 0.4) is 0 Å². The number of benzene rings is 1. The minimum Gasteiger partial charge on any atom is -0.300 e. The van der Waals surface area contributed by atoms with E-state index in [1.165, 1.54) is 12.1 Å². The predicted molar refractivity (Wildman–Crippen MR) is 59.3 cm³/mol. The van der Waals surface area contributed by atoms with E-state index in [1.807, 2.05) is 13.8 Å². The van der Waals surface area contributed by atoms with Crippen LogP contribution in [0.4, 0.5) is 4.39 Å². The molecule has 1 unspecified atom stereocenters. The van der Waals surface area contributed by atoms with Gasteiger partial charge in [-0.3, -0.25) is 4.79 Å². The molecule has 1 atom stereocenters. The third kappa shape index (κ3) is 2.88. The van der Waals surface area contributed by atoms with Crippen LogP contribution in [0.2, 0.25) is 0 Å². The molecular weight excluding hydrogens is 191 g/mol. The Hall–Kier alpha value is -1.18. The minimum absolute atomic E-state index is 0.167. The molecule has 0 saturated heterocycles. The molecule has 2 heteroatoms. The van der Waals surface area contributed by atoms with E-state index in [1.54, 1.807) is 19.1 Å². The highest BCUT2D eigenvalue weighted by atomic mass is 19.1. The van der Waals surface area contributed by atoms with Crippen molar-refractivity contribution in [1.82, 2.24) is 0 Å². The van der Waals surface area contributed by atoms with E-state index in [-0.39, 0.29) is 17.0 Å². The molecule has 0 aliphatic carbocycles. The van der Waals surface area contributed by atoms with Crippen LogP contribution in [-0.2, 0) is 10.2 Å². The fourth-order valence-electron chi connectivity index (χ4n) is 1.83. The number of Topliss-reactive ketones (excluding diaryl/α,β-unsaturated/α-hetero) is 1. The van der Waals surface area contributed by atoms with Gasteiger partial charge in [-0.05, 0) is 36.5 Å². The maximum atomic E-state index is 12.8. The lowest BCUT2D eigenvalue weighted by atomic mass is 9.76. The Morgan fingerprint density at radius 3 is 2.27 bits per heavy atom. The SMILES string of the molecule is CCC(C)(CC(C)=O)c1ccc(F)cc1. The van der Waals surface area contributed by atoms with Gasteiger partial charge in [0.05, 0.1) is 0 Å². The van der Waals surface area contributed by atoms with Crippen molar-refractivity contribution >= 4 is 5.78 Å². The van der Waals surface area contributed by atoms with Crippen molar-refractivity contribution in [3.8, 4) is 0 Å². The van der Waals surface area contributed by atoms with Crippen LogP contribution < -0.4 is 0 Å². The zero-order valence-corrected chi connectivity index (χ0v) is 9.51. The molecule has 82 valence electrons. The minimum atomic E-state index is -0.236. The number of halogens is 1. The van der Waals surface area contributed by atoms with Crippen LogP contribution in [0.1, 0.15) is 39.2 Å². The first-order valence-electron chi connectivity index (χ1n) is 5.23. The van der Waals surface area contributed by atoms with Crippen molar-refractivity contribution in [3.05, 3.63) is 35.6 Å². The lowest BCUT2D eigenvalue weighted by molar-refractivity contribution is -0.118. The Kier molecular flexibility index (Phi) is 3.61. The van der Waals surface area contributed by atoms with E-state index in [2.05, 4.69) is 0 Å². The summed E-state index contributed by atoms with van der Waals surface area (Å²) in [5.41, 5.74) is 0.862. The van der Waals surface area contributed by atoms with Gasteiger partial charge in [0.25, 0.3) is 0 Å². The standard InChI is InChI=1S/C13H17FO/c1-4-13(3,9-10(2)15)11-5-7-12(14)8-6-11/h5-8H,4,9H2,1-3H3. The van der Waals surface area contributed by atoms with Gasteiger partial charge in [-0.1, -0.05) is 26.0 Å². The van der Waals surface area contributed by atoms with Crippen molar-refractivity contribution in [2.45, 2.75) is 39.0 Å². The van der Waals surface area contributed by atoms with E-state index in [4.69, 9.17) is 0 Å². The van der Waals surface area contributed by atoms with E-state index in [0.29, 0.717) is 6.42 Å². The second kappa shape index (κ2) is 4.56. The highest BCUT2D eigenvalue weighted by Crippen LogP contribution is 2.31. The summed E-state index contributed by atoms with van der Waals surface area (Å²) < 4.78 is 12.8. The van der Waals surface area contributed by atoms with E-state index >= 15 is 0 Å². The molecule has 0 N–H and O–H groups in total. The normalized spacial score (nSPS) is 14.7. The van der Waals surface area contributed by atoms with Crippen molar-refractivity contribution in [3.63, 3.8) is 0 Å². The summed E-state index contributed by atoms with van der Waals surface area (Å²) in [6, 6.07) is 6.43. The van der Waals surface area contributed by atoms with Gasteiger partial charge in [-0.2, -0.15) is 0 Å². The zero-order chi connectivity index (χ0) is 11.5. The molecule has 1 rings (SSSR count). The number of carbonyl (C=O) groups is 1. The predicted octanol–water partition coefficient (Wildman–Crippen LogP) is 3.47. The maximum absolute atomic E-state index is 12.8. The third-order valence-corrected chi connectivity index (χ3v) is 2.96. The molecular formula is C13H17FO. The first kappa shape index (κ1) is 11.9. The Bertz CT molecular complexity index is 342. The van der Waals surface area contributed by atoms with Crippen LogP contribution >= 0.6 is 0 Å². The van der Waals surface area contributed by atoms with Gasteiger partial charge in [0, 0.05) is 6.42 Å². The fraction of sp³-hybridized carbons (Fsp3) is 0.462. The lowest BCUT2D eigenvalue weighted by Gasteiger charge is -2.27. The first-order valence-corrected chi connectivity index (χ1v) is 5.23. The lowest BCUT2D eigenvalue weighted by Crippen LogP contribution is -2.23. The molecule has 0 spiro atoms. The molecule has 0 saturated carbocycles. The van der Waals surface area contributed by atoms with Crippen LogP contribution in [0, 0.1) is 5.82 Å². The molecule has 1 aromatic carbocycles. The average molecular weight is 208 g/mol. The van der Waals surface area contributed by atoms with Gasteiger partial charge < -0.3 is 0 Å². The van der Waals surface area contributed by atoms with Gasteiger partial charge in [0.2, 0.25) is 0 Å². The number of rotatable bonds is 4. The fourth-order valence-corrected chi connectivity index (χ4v) is 1.83. The second-order valence-electron chi connectivity index (χ2n) is 4.30. The van der Waals surface area contributed by atoms with Crippen LogP contribution in [0.15, 0.2) is 24.3 Å². The zero-order valence-electron chi connectivity index (χ0n) is 9.51. The Morgan fingerprint density at radius 1 is 1.33 bits per heavy atom. The molecule has 0 heterocycles. The van der Waals surface area contributed by atoms with Gasteiger partial charge in [-0.15, -0.1) is 0 Å². The molecule has 0 aromatic heterocycles. The summed E-state index contributed by atoms with van der Waals surface area (Å²) in [5, 5.41) is 0. The Balaban J connectivity index is 3.00. The maximum Gasteiger partial charge on any atom is 0.130 e. The summed E-state index contributed by atoms with van der Waals surface area (Å²) in [5.74, 6) is -0.0660. The second-order valence-corrected chi connectivity index (χ2v) is 4.30. The molecule has 15 heavy (non-hydrogen) atoms. The topological polar surface area (TPSA) is 17.1 Å². The monoisotopic (exact) mass is 208 g/mol. The Labute approximate surface area is 90.3 Å². The molecule has 1 aromatic rings. The smallest absolute Gasteiger partial charge is 0.130 e. The Morgan fingerprint density at radius 2 is 1.87 bits per heavy atom. The molecule has 0 fully saturated rings. The number of hydrogen-bond donors (Lipinski definition) is 0. The van der Waals surface area contributed by atoms with E-state index in [0.717, 1.165) is 12.0 Å². The van der Waals surface area contributed by atoms with Gasteiger partial charge >= 0.3 is 0 Å². The summed E-state index contributed by atoms with van der Waals surface area (Å²) in [6.45, 7) is 5.69. The molecule has 0 bridgehead atoms. The van der Waals surface area contributed by atoms with Crippen LogP contribution in [0.5, 0.6) is 0 Å². The van der Waals surface area contributed by atoms with Gasteiger partial charge in [-0.25, -0.2) is 4.39 Å². The molecule has 0 aliphatic heterocycles. The van der Waals surface area contributed by atoms with Crippen molar-refractivity contribution in [1.29, 1.82) is 0 Å². The highest BCUT2D eigenvalue weighted by Gasteiger charge is 2.26. The van der Waals surface area contributed by atoms with Gasteiger partial charge in [0.15, 0.2) is 0 Å². The quantitative estimate of drug-likeness (QED) is 0.740. The summed E-state index contributed by atoms with van der Waals surface area (Å²) in [7, 11) is 0. The molecule has 0 amide bonds. The van der Waals surface area contributed by atoms with Crippen molar-refractivity contribution in [2.24, 2.45) is 0 Å². The largest absolute Gasteiger partial charge is 0.300 e. The number of ketones is 1. The number of carbonyl (C=O) groups excluding carboxylic acids is 1. The van der Waals surface area contributed by atoms with Crippen molar-refractivity contribution < 1.29 is 9.18 Å². The first-order chi connectivity index (χ1) is 6.98. The van der Waals surface area contributed by atoms with Crippen LogP contribution in [-0.4, -0.2) is 5.78 Å². The highest BCUT2D eigenvalue weighted by molar-refractivity contribution is 5.77. The van der Waals surface area contributed by atoms with E-state index < -0.39 is 0 Å². The summed E-state index contributed by atoms with van der Waals surface area (Å²) in [4.78, 5) is 11.2. The summed E-state index contributed by atoms with van der Waals surface area (Å²) >= 11 is 0. The van der Waals surface area contributed by atoms with E-state index in [9.17, 15) is 9.18 Å². The van der Waals surface area contributed by atoms with Crippen molar-refractivity contribution in [2.75, 3.05) is 0 Å². The molecule has 0 aliphatic rings. The molecule has 0 radical (unpaired) electrons. The third-order valence-electron chi connectivity index (χ3n) is 2.96.